The van der Waals surface area contributed by atoms with Crippen LogP contribution in [0.2, 0.25) is 0 Å². The Hall–Kier alpha value is -0.370. The Morgan fingerprint density at radius 1 is 0.522 bits per heavy atom. The molecule has 1 aliphatic heterocycles. The van der Waals surface area contributed by atoms with E-state index in [1.165, 1.54) is 0 Å². The fourth-order valence-electron chi connectivity index (χ4n) is 1.32. The Kier molecular flexibility index (Phi) is 16.2. The van der Waals surface area contributed by atoms with E-state index >= 15 is 0 Å². The van der Waals surface area contributed by atoms with Crippen LogP contribution >= 0.6 is 0 Å². The molecule has 0 aromatic heterocycles. The third kappa shape index (κ3) is 26.8. The predicted octanol–water partition coefficient (Wildman–Crippen LogP) is -1.15. The zero-order valence-corrected chi connectivity index (χ0v) is 14.0. The van der Waals surface area contributed by atoms with E-state index in [2.05, 4.69) is 5.14 Å². The standard InChI is InChI=1S/C12H24O6.H3NO3S/c1-2-14-5-6-16-9-10-18-12-11-17-8-7-15-4-3-13-1;1-5(2,3)4/h1-12H2;(H3,1,2,3,4). The van der Waals surface area contributed by atoms with Gasteiger partial charge in [0.25, 0.3) is 0 Å². The SMILES string of the molecule is C1COCCOCCOCCOCCOCCO1.NS(=O)(=O)O. The second-order valence-electron chi connectivity index (χ2n) is 4.19. The molecule has 23 heavy (non-hydrogen) atoms. The highest BCUT2D eigenvalue weighted by Crippen LogP contribution is 1.86. The first-order valence-electron chi connectivity index (χ1n) is 7.22. The van der Waals surface area contributed by atoms with Crippen molar-refractivity contribution < 1.29 is 41.4 Å². The number of rotatable bonds is 0. The van der Waals surface area contributed by atoms with Crippen molar-refractivity contribution >= 4 is 10.3 Å². The summed E-state index contributed by atoms with van der Waals surface area (Å²) >= 11 is 0. The van der Waals surface area contributed by atoms with E-state index in [0.29, 0.717) is 79.3 Å². The maximum Gasteiger partial charge on any atom is 0.330 e. The van der Waals surface area contributed by atoms with Crippen LogP contribution in [0.25, 0.3) is 0 Å². The van der Waals surface area contributed by atoms with Crippen LogP contribution in [0, 0.1) is 0 Å². The topological polar surface area (TPSA) is 136 Å². The van der Waals surface area contributed by atoms with Gasteiger partial charge >= 0.3 is 10.3 Å². The average molecular weight is 361 g/mol. The molecule has 140 valence electrons. The van der Waals surface area contributed by atoms with Gasteiger partial charge in [0, 0.05) is 0 Å². The normalized spacial score (nSPS) is 21.3. The first-order chi connectivity index (χ1) is 11.0. The van der Waals surface area contributed by atoms with Gasteiger partial charge in [-0.15, -0.1) is 0 Å². The molecule has 0 atom stereocenters. The third-order valence-corrected chi connectivity index (χ3v) is 2.23. The fraction of sp³-hybridized carbons (Fsp3) is 1.00. The molecular formula is C12H27NO9S. The van der Waals surface area contributed by atoms with E-state index < -0.39 is 10.3 Å². The monoisotopic (exact) mass is 361 g/mol. The van der Waals surface area contributed by atoms with Crippen LogP contribution < -0.4 is 5.14 Å². The molecule has 1 heterocycles. The lowest BCUT2D eigenvalue weighted by Crippen LogP contribution is -2.16. The van der Waals surface area contributed by atoms with Crippen molar-refractivity contribution in [3.8, 4) is 0 Å². The van der Waals surface area contributed by atoms with E-state index in [1.807, 2.05) is 0 Å². The fourth-order valence-corrected chi connectivity index (χ4v) is 1.32. The van der Waals surface area contributed by atoms with Gasteiger partial charge in [0.15, 0.2) is 0 Å². The second kappa shape index (κ2) is 16.5. The van der Waals surface area contributed by atoms with Crippen molar-refractivity contribution in [1.82, 2.24) is 0 Å². The number of hydrogen-bond donors (Lipinski definition) is 2. The molecule has 0 aromatic rings. The molecule has 1 rings (SSSR count). The van der Waals surface area contributed by atoms with Crippen molar-refractivity contribution in [1.29, 1.82) is 0 Å². The van der Waals surface area contributed by atoms with Gasteiger partial charge in [-0.2, -0.15) is 8.42 Å². The molecule has 11 heteroatoms. The summed E-state index contributed by atoms with van der Waals surface area (Å²) in [6.45, 7) is 7.04. The molecule has 0 aromatic carbocycles. The molecule has 0 amide bonds. The Morgan fingerprint density at radius 2 is 0.609 bits per heavy atom. The Morgan fingerprint density at radius 3 is 0.696 bits per heavy atom. The minimum Gasteiger partial charge on any atom is -0.377 e. The first-order valence-corrected chi connectivity index (χ1v) is 8.72. The van der Waals surface area contributed by atoms with Crippen molar-refractivity contribution in [2.24, 2.45) is 5.14 Å². The Balaban J connectivity index is 0.000000841. The smallest absolute Gasteiger partial charge is 0.330 e. The Bertz CT molecular complexity index is 256. The molecule has 0 unspecified atom stereocenters. The molecule has 1 aliphatic rings. The van der Waals surface area contributed by atoms with Crippen molar-refractivity contribution in [3.63, 3.8) is 0 Å². The van der Waals surface area contributed by atoms with Crippen LogP contribution in [0.15, 0.2) is 0 Å². The molecule has 1 saturated heterocycles. The van der Waals surface area contributed by atoms with Gasteiger partial charge in [-0.3, -0.25) is 4.55 Å². The summed E-state index contributed by atoms with van der Waals surface area (Å²) in [7, 11) is -4.17. The average Bonchev–Trinajstić information content (AvgIpc) is 2.46. The lowest BCUT2D eigenvalue weighted by atomic mass is 10.6. The molecule has 0 bridgehead atoms. The quantitative estimate of drug-likeness (QED) is 0.512. The maximum atomic E-state index is 8.97. The highest BCUT2D eigenvalue weighted by molar-refractivity contribution is 7.83. The van der Waals surface area contributed by atoms with Gasteiger partial charge in [-0.05, 0) is 0 Å². The summed E-state index contributed by atoms with van der Waals surface area (Å²) in [6, 6.07) is 0. The number of ether oxygens (including phenoxy) is 6. The van der Waals surface area contributed by atoms with Gasteiger partial charge in [-0.25, -0.2) is 5.14 Å². The summed E-state index contributed by atoms with van der Waals surface area (Å²) in [4.78, 5) is 0. The van der Waals surface area contributed by atoms with Crippen LogP contribution in [0.1, 0.15) is 0 Å². The van der Waals surface area contributed by atoms with Crippen LogP contribution in [0.5, 0.6) is 0 Å². The molecule has 0 saturated carbocycles. The molecule has 1 fully saturated rings. The van der Waals surface area contributed by atoms with E-state index in [1.54, 1.807) is 0 Å². The lowest BCUT2D eigenvalue weighted by Gasteiger charge is -2.09. The molecule has 10 nitrogen and oxygen atoms in total. The van der Waals surface area contributed by atoms with Gasteiger partial charge in [0.2, 0.25) is 0 Å². The van der Waals surface area contributed by atoms with Crippen LogP contribution in [-0.4, -0.2) is 92.3 Å². The zero-order valence-electron chi connectivity index (χ0n) is 13.2. The Labute approximate surface area is 137 Å². The van der Waals surface area contributed by atoms with Crippen LogP contribution in [0.4, 0.5) is 0 Å². The van der Waals surface area contributed by atoms with Crippen LogP contribution in [0.3, 0.4) is 0 Å². The lowest BCUT2D eigenvalue weighted by molar-refractivity contribution is -0.0334. The summed E-state index contributed by atoms with van der Waals surface area (Å²) in [6.07, 6.45) is 0. The van der Waals surface area contributed by atoms with Crippen molar-refractivity contribution in [2.45, 2.75) is 0 Å². The van der Waals surface area contributed by atoms with Gasteiger partial charge < -0.3 is 28.4 Å². The van der Waals surface area contributed by atoms with Gasteiger partial charge in [-0.1, -0.05) is 0 Å². The van der Waals surface area contributed by atoms with E-state index in [-0.39, 0.29) is 0 Å². The molecule has 0 aliphatic carbocycles. The third-order valence-electron chi connectivity index (χ3n) is 2.23. The second-order valence-corrected chi connectivity index (χ2v) is 5.22. The first kappa shape index (κ1) is 22.6. The van der Waals surface area contributed by atoms with Gasteiger partial charge in [0.1, 0.15) is 0 Å². The summed E-state index contributed by atoms with van der Waals surface area (Å²) in [5.41, 5.74) is 0. The van der Waals surface area contributed by atoms with Crippen molar-refractivity contribution in [3.05, 3.63) is 0 Å². The van der Waals surface area contributed by atoms with Gasteiger partial charge in [0.05, 0.1) is 79.3 Å². The summed E-state index contributed by atoms with van der Waals surface area (Å²) < 4.78 is 57.2. The van der Waals surface area contributed by atoms with E-state index in [4.69, 9.17) is 41.4 Å². The zero-order chi connectivity index (χ0) is 17.2. The number of hydrogen-bond acceptors (Lipinski definition) is 8. The highest BCUT2D eigenvalue weighted by Gasteiger charge is 1.95. The van der Waals surface area contributed by atoms with Crippen LogP contribution in [-0.2, 0) is 38.7 Å². The highest BCUT2D eigenvalue weighted by atomic mass is 32.2. The molecular weight excluding hydrogens is 334 g/mol. The largest absolute Gasteiger partial charge is 0.377 e. The molecule has 0 spiro atoms. The minimum absolute atomic E-state index is 0.586. The number of nitrogens with two attached hydrogens (primary N) is 1. The van der Waals surface area contributed by atoms with Crippen molar-refractivity contribution in [2.75, 3.05) is 79.3 Å². The molecule has 3 N–H and O–H groups in total. The predicted molar refractivity (Wildman–Crippen MR) is 80.7 cm³/mol. The van der Waals surface area contributed by atoms with E-state index in [0.717, 1.165) is 0 Å². The summed E-state index contributed by atoms with van der Waals surface area (Å²) in [5.74, 6) is 0. The summed E-state index contributed by atoms with van der Waals surface area (Å²) in [5, 5.41) is 3.88. The maximum absolute atomic E-state index is 8.97. The minimum atomic E-state index is -4.17. The molecule has 0 radical (unpaired) electrons. The van der Waals surface area contributed by atoms with E-state index in [9.17, 15) is 0 Å².